The summed E-state index contributed by atoms with van der Waals surface area (Å²) in [6.07, 6.45) is 2.64. The molecule has 1 aliphatic rings. The normalized spacial score (nSPS) is 15.6. The Balaban J connectivity index is 1.64. The molecule has 1 aromatic rings. The Morgan fingerprint density at radius 1 is 1.25 bits per heavy atom. The average Bonchev–Trinajstić information content (AvgIpc) is 3.24. The van der Waals surface area contributed by atoms with Crippen LogP contribution in [0.25, 0.3) is 0 Å². The summed E-state index contributed by atoms with van der Waals surface area (Å²) in [6, 6.07) is 9.32. The van der Waals surface area contributed by atoms with Gasteiger partial charge in [-0.2, -0.15) is 0 Å². The third kappa shape index (κ3) is 4.66. The molecule has 1 fully saturated rings. The second-order valence-corrected chi connectivity index (χ2v) is 5.12. The first-order chi connectivity index (χ1) is 9.66. The van der Waals surface area contributed by atoms with Crippen molar-refractivity contribution in [3.8, 4) is 0 Å². The van der Waals surface area contributed by atoms with Gasteiger partial charge in [0.15, 0.2) is 0 Å². The third-order valence-corrected chi connectivity index (χ3v) is 3.42. The fraction of sp³-hybridized carbons (Fsp3) is 0.467. The minimum absolute atomic E-state index is 0.0578. The van der Waals surface area contributed by atoms with Crippen LogP contribution >= 0.6 is 0 Å². The summed E-state index contributed by atoms with van der Waals surface area (Å²) in [5.74, 6) is -0.845. The smallest absolute Gasteiger partial charge is 0.320 e. The van der Waals surface area contributed by atoms with Gasteiger partial charge in [-0.1, -0.05) is 30.3 Å². The van der Waals surface area contributed by atoms with Crippen LogP contribution in [0.15, 0.2) is 30.3 Å². The molecule has 5 nitrogen and oxygen atoms in total. The van der Waals surface area contributed by atoms with Gasteiger partial charge in [-0.05, 0) is 30.7 Å². The lowest BCUT2D eigenvalue weighted by molar-refractivity contribution is -0.140. The van der Waals surface area contributed by atoms with Gasteiger partial charge in [-0.15, -0.1) is 0 Å². The van der Waals surface area contributed by atoms with Gasteiger partial charge in [0.05, 0.1) is 6.54 Å². The highest BCUT2D eigenvalue weighted by Gasteiger charge is 2.36. The van der Waals surface area contributed by atoms with Crippen LogP contribution in [0.4, 0.5) is 0 Å². The zero-order valence-electron chi connectivity index (χ0n) is 11.3. The molecule has 1 aliphatic carbocycles. The number of carbonyl (C=O) groups is 2. The van der Waals surface area contributed by atoms with E-state index >= 15 is 0 Å². The van der Waals surface area contributed by atoms with Gasteiger partial charge < -0.3 is 10.4 Å². The second-order valence-electron chi connectivity index (χ2n) is 5.12. The van der Waals surface area contributed by atoms with E-state index in [1.165, 1.54) is 5.56 Å². The van der Waals surface area contributed by atoms with Gasteiger partial charge in [0.2, 0.25) is 5.91 Å². The van der Waals surface area contributed by atoms with Crippen molar-refractivity contribution in [2.75, 3.05) is 13.1 Å². The minimum atomic E-state index is -0.871. The highest BCUT2D eigenvalue weighted by atomic mass is 16.4. The Morgan fingerprint density at radius 3 is 2.55 bits per heavy atom. The fourth-order valence-corrected chi connectivity index (χ4v) is 2.14. The number of carboxylic acid groups (broad SMARTS) is 1. The number of carboxylic acids is 1. The van der Waals surface area contributed by atoms with E-state index in [0.29, 0.717) is 6.54 Å². The first kappa shape index (κ1) is 14.5. The maximum atomic E-state index is 11.6. The summed E-state index contributed by atoms with van der Waals surface area (Å²) < 4.78 is 0. The molecule has 1 saturated carbocycles. The summed E-state index contributed by atoms with van der Waals surface area (Å²) in [4.78, 5) is 22.6. The quantitative estimate of drug-likeness (QED) is 0.656. The molecule has 0 spiro atoms. The van der Waals surface area contributed by atoms with E-state index in [0.717, 1.165) is 19.3 Å². The van der Waals surface area contributed by atoms with Crippen LogP contribution in [0.1, 0.15) is 18.4 Å². The number of aliphatic carboxylic acids is 1. The zero-order chi connectivity index (χ0) is 14.4. The highest BCUT2D eigenvalue weighted by molar-refractivity contribution is 5.80. The molecule has 0 aliphatic heterocycles. The number of amides is 1. The Kier molecular flexibility index (Phi) is 5.12. The Bertz CT molecular complexity index is 457. The summed E-state index contributed by atoms with van der Waals surface area (Å²) in [5, 5.41) is 14.6. The van der Waals surface area contributed by atoms with Crippen molar-refractivity contribution in [1.82, 2.24) is 10.6 Å². The predicted molar refractivity (Wildman–Crippen MR) is 75.3 cm³/mol. The lowest BCUT2D eigenvalue weighted by atomic mass is 10.1. The van der Waals surface area contributed by atoms with E-state index in [9.17, 15) is 9.59 Å². The van der Waals surface area contributed by atoms with Crippen LogP contribution in [0, 0.1) is 5.92 Å². The van der Waals surface area contributed by atoms with Crippen LogP contribution in [0.3, 0.4) is 0 Å². The summed E-state index contributed by atoms with van der Waals surface area (Å²) in [5.41, 5.74) is 1.17. The Morgan fingerprint density at radius 2 is 1.95 bits per heavy atom. The molecule has 20 heavy (non-hydrogen) atoms. The van der Waals surface area contributed by atoms with Crippen molar-refractivity contribution < 1.29 is 14.7 Å². The highest BCUT2D eigenvalue weighted by Crippen LogP contribution is 2.32. The molecule has 1 aromatic carbocycles. The van der Waals surface area contributed by atoms with E-state index < -0.39 is 12.0 Å². The Labute approximate surface area is 118 Å². The maximum absolute atomic E-state index is 11.6. The lowest BCUT2D eigenvalue weighted by Gasteiger charge is -2.13. The van der Waals surface area contributed by atoms with Crippen LogP contribution in [-0.2, 0) is 16.0 Å². The molecule has 0 radical (unpaired) electrons. The molecular formula is C15H20N2O3. The predicted octanol–water partition coefficient (Wildman–Crippen LogP) is 0.798. The average molecular weight is 276 g/mol. The van der Waals surface area contributed by atoms with Crippen molar-refractivity contribution >= 4 is 11.9 Å². The molecule has 0 aromatic heterocycles. The summed E-state index contributed by atoms with van der Waals surface area (Å²) in [7, 11) is 0. The van der Waals surface area contributed by atoms with Crippen LogP contribution in [-0.4, -0.2) is 36.1 Å². The van der Waals surface area contributed by atoms with E-state index in [2.05, 4.69) is 10.6 Å². The van der Waals surface area contributed by atoms with E-state index in [4.69, 9.17) is 5.11 Å². The second kappa shape index (κ2) is 7.05. The maximum Gasteiger partial charge on any atom is 0.320 e. The first-order valence-corrected chi connectivity index (χ1v) is 6.93. The van der Waals surface area contributed by atoms with Gasteiger partial charge in [0.25, 0.3) is 0 Å². The molecule has 2 rings (SSSR count). The van der Waals surface area contributed by atoms with Crippen molar-refractivity contribution in [3.63, 3.8) is 0 Å². The monoisotopic (exact) mass is 276 g/mol. The van der Waals surface area contributed by atoms with E-state index in [1.807, 2.05) is 30.3 Å². The summed E-state index contributed by atoms with van der Waals surface area (Å²) in [6.45, 7) is 0.619. The zero-order valence-corrected chi connectivity index (χ0v) is 11.3. The number of benzene rings is 1. The standard InChI is InChI=1S/C15H20N2O3/c18-13(10-17-14(15(19)20)12-6-7-12)16-9-8-11-4-2-1-3-5-11/h1-5,12,14,17H,6-10H2,(H,16,18)(H,19,20). The molecule has 1 atom stereocenters. The molecule has 5 heteroatoms. The van der Waals surface area contributed by atoms with Gasteiger partial charge in [0.1, 0.15) is 6.04 Å². The fourth-order valence-electron chi connectivity index (χ4n) is 2.14. The van der Waals surface area contributed by atoms with Gasteiger partial charge in [-0.25, -0.2) is 0 Å². The Hall–Kier alpha value is -1.88. The number of hydrogen-bond donors (Lipinski definition) is 3. The first-order valence-electron chi connectivity index (χ1n) is 6.93. The molecule has 1 unspecified atom stereocenters. The summed E-state index contributed by atoms with van der Waals surface area (Å²) >= 11 is 0. The number of nitrogens with one attached hydrogen (secondary N) is 2. The van der Waals surface area contributed by atoms with Gasteiger partial charge in [-0.3, -0.25) is 14.9 Å². The number of hydrogen-bond acceptors (Lipinski definition) is 3. The molecule has 3 N–H and O–H groups in total. The van der Waals surface area contributed by atoms with Crippen LogP contribution in [0.2, 0.25) is 0 Å². The third-order valence-electron chi connectivity index (χ3n) is 3.42. The van der Waals surface area contributed by atoms with Crippen molar-refractivity contribution in [3.05, 3.63) is 35.9 Å². The van der Waals surface area contributed by atoms with Gasteiger partial charge >= 0.3 is 5.97 Å². The SMILES string of the molecule is O=C(CNC(C(=O)O)C1CC1)NCCc1ccccc1. The lowest BCUT2D eigenvalue weighted by Crippen LogP contribution is -2.44. The van der Waals surface area contributed by atoms with Crippen LogP contribution < -0.4 is 10.6 Å². The molecule has 108 valence electrons. The molecule has 0 bridgehead atoms. The molecule has 0 saturated heterocycles. The molecule has 0 heterocycles. The number of rotatable bonds is 8. The molecular weight excluding hydrogens is 256 g/mol. The van der Waals surface area contributed by atoms with Crippen molar-refractivity contribution in [2.24, 2.45) is 5.92 Å². The van der Waals surface area contributed by atoms with Crippen molar-refractivity contribution in [2.45, 2.75) is 25.3 Å². The topological polar surface area (TPSA) is 78.4 Å². The van der Waals surface area contributed by atoms with E-state index in [-0.39, 0.29) is 18.4 Å². The molecule has 1 amide bonds. The van der Waals surface area contributed by atoms with E-state index in [1.54, 1.807) is 0 Å². The van der Waals surface area contributed by atoms with Crippen molar-refractivity contribution in [1.29, 1.82) is 0 Å². The van der Waals surface area contributed by atoms with Crippen LogP contribution in [0.5, 0.6) is 0 Å². The minimum Gasteiger partial charge on any atom is -0.480 e. The largest absolute Gasteiger partial charge is 0.480 e. The number of carbonyl (C=O) groups excluding carboxylic acids is 1. The van der Waals surface area contributed by atoms with Gasteiger partial charge in [0, 0.05) is 6.54 Å².